The van der Waals surface area contributed by atoms with Crippen molar-refractivity contribution in [3.63, 3.8) is 0 Å². The summed E-state index contributed by atoms with van der Waals surface area (Å²) in [5.41, 5.74) is 1.15. The van der Waals surface area contributed by atoms with Gasteiger partial charge in [-0.1, -0.05) is 36.4 Å². The Morgan fingerprint density at radius 1 is 1.20 bits per heavy atom. The third-order valence-corrected chi connectivity index (χ3v) is 5.65. The molecular weight excluding hydrogens is 352 g/mol. The van der Waals surface area contributed by atoms with Gasteiger partial charge in [0.2, 0.25) is 5.91 Å². The summed E-state index contributed by atoms with van der Waals surface area (Å²) < 4.78 is 2.63. The van der Waals surface area contributed by atoms with Crippen LogP contribution in [0.25, 0.3) is 0 Å². The number of amides is 1. The van der Waals surface area contributed by atoms with Crippen LogP contribution in [-0.4, -0.2) is 32.1 Å². The maximum absolute atomic E-state index is 12.5. The molecule has 0 bridgehead atoms. The molecule has 0 spiro atoms. The molecule has 0 saturated carbocycles. The van der Waals surface area contributed by atoms with Gasteiger partial charge in [0.15, 0.2) is 4.77 Å². The minimum atomic E-state index is 0.0733. The zero-order valence-electron chi connectivity index (χ0n) is 13.6. The van der Waals surface area contributed by atoms with E-state index in [1.165, 1.54) is 4.88 Å². The fourth-order valence-electron chi connectivity index (χ4n) is 3.25. The summed E-state index contributed by atoms with van der Waals surface area (Å²) in [4.78, 5) is 15.6. The van der Waals surface area contributed by atoms with Crippen molar-refractivity contribution in [3.8, 4) is 0 Å². The molecule has 128 valence electrons. The van der Waals surface area contributed by atoms with Crippen LogP contribution in [0.3, 0.4) is 0 Å². The van der Waals surface area contributed by atoms with Crippen LogP contribution in [0.5, 0.6) is 0 Å². The number of likely N-dealkylation sites (tertiary alicyclic amines) is 1. The molecule has 1 aliphatic rings. The first kappa shape index (κ1) is 16.2. The molecule has 1 aliphatic heterocycles. The van der Waals surface area contributed by atoms with E-state index < -0.39 is 0 Å². The highest BCUT2D eigenvalue weighted by atomic mass is 32.1. The van der Waals surface area contributed by atoms with E-state index in [0.29, 0.717) is 30.8 Å². The number of benzene rings is 1. The fourth-order valence-corrected chi connectivity index (χ4v) is 4.15. The average Bonchev–Trinajstić information content (AvgIpc) is 3.33. The molecule has 1 amide bonds. The van der Waals surface area contributed by atoms with Crippen LogP contribution < -0.4 is 0 Å². The lowest BCUT2D eigenvalue weighted by atomic mass is 10.1. The summed E-state index contributed by atoms with van der Waals surface area (Å²) in [5.74, 6) is 1.12. The molecule has 1 N–H and O–H groups in total. The minimum Gasteiger partial charge on any atom is -0.338 e. The lowest BCUT2D eigenvalue weighted by Crippen LogP contribution is -2.24. The van der Waals surface area contributed by atoms with Gasteiger partial charge < -0.3 is 4.90 Å². The van der Waals surface area contributed by atoms with Crippen molar-refractivity contribution in [2.75, 3.05) is 6.54 Å². The monoisotopic (exact) mass is 370 g/mol. The summed E-state index contributed by atoms with van der Waals surface area (Å²) >= 11 is 7.09. The molecule has 0 radical (unpaired) electrons. The van der Waals surface area contributed by atoms with Crippen LogP contribution in [0, 0.1) is 4.77 Å². The number of H-pyrrole nitrogens is 1. The van der Waals surface area contributed by atoms with Crippen LogP contribution in [0.2, 0.25) is 0 Å². The molecular formula is C18H18N4OS2. The van der Waals surface area contributed by atoms with Crippen molar-refractivity contribution in [1.82, 2.24) is 19.7 Å². The molecule has 25 heavy (non-hydrogen) atoms. The fraction of sp³-hybridized carbons (Fsp3) is 0.278. The highest BCUT2D eigenvalue weighted by Crippen LogP contribution is 2.29. The Morgan fingerprint density at radius 2 is 2.04 bits per heavy atom. The first-order chi connectivity index (χ1) is 12.2. The van der Waals surface area contributed by atoms with Gasteiger partial charge >= 0.3 is 0 Å². The van der Waals surface area contributed by atoms with Crippen molar-refractivity contribution in [2.24, 2.45) is 0 Å². The van der Waals surface area contributed by atoms with Crippen molar-refractivity contribution >= 4 is 29.5 Å². The van der Waals surface area contributed by atoms with Crippen LogP contribution in [-0.2, 0) is 17.9 Å². The molecule has 5 nitrogen and oxygen atoms in total. The van der Waals surface area contributed by atoms with E-state index in [2.05, 4.69) is 21.6 Å². The number of rotatable bonds is 5. The Hall–Kier alpha value is -2.25. The maximum Gasteiger partial charge on any atom is 0.223 e. The van der Waals surface area contributed by atoms with E-state index in [1.807, 2.05) is 45.9 Å². The molecule has 1 fully saturated rings. The third kappa shape index (κ3) is 3.43. The number of hydrogen-bond acceptors (Lipinski definition) is 4. The molecule has 1 atom stereocenters. The largest absolute Gasteiger partial charge is 0.338 e. The number of carbonyl (C=O) groups is 1. The van der Waals surface area contributed by atoms with Crippen LogP contribution in [0.4, 0.5) is 0 Å². The van der Waals surface area contributed by atoms with E-state index >= 15 is 0 Å². The molecule has 2 aromatic heterocycles. The number of hydrogen-bond donors (Lipinski definition) is 1. The molecule has 1 saturated heterocycles. The second-order valence-electron chi connectivity index (χ2n) is 6.21. The molecule has 3 heterocycles. The lowest BCUT2D eigenvalue weighted by molar-refractivity contribution is -0.128. The Balaban J connectivity index is 1.53. The maximum atomic E-state index is 12.5. The van der Waals surface area contributed by atoms with Crippen LogP contribution >= 0.6 is 23.6 Å². The quantitative estimate of drug-likeness (QED) is 0.699. The number of carbonyl (C=O) groups excluding carboxylic acids is 1. The molecule has 1 aromatic carbocycles. The second kappa shape index (κ2) is 6.93. The summed E-state index contributed by atoms with van der Waals surface area (Å²) in [7, 11) is 0. The average molecular weight is 371 g/mol. The Morgan fingerprint density at radius 3 is 2.80 bits per heavy atom. The van der Waals surface area contributed by atoms with Gasteiger partial charge in [0.25, 0.3) is 0 Å². The molecule has 1 unspecified atom stereocenters. The van der Waals surface area contributed by atoms with Gasteiger partial charge in [-0.15, -0.1) is 11.3 Å². The van der Waals surface area contributed by atoms with Gasteiger partial charge in [-0.2, -0.15) is 5.10 Å². The SMILES string of the molecule is O=C1CC(c2n[nH]c(=S)n2Cc2cccs2)CN1Cc1ccccc1. The van der Waals surface area contributed by atoms with Gasteiger partial charge in [-0.25, -0.2) is 0 Å². The van der Waals surface area contributed by atoms with Gasteiger partial charge in [-0.3, -0.25) is 14.5 Å². The Kier molecular flexibility index (Phi) is 4.50. The molecule has 3 aromatic rings. The normalized spacial score (nSPS) is 17.4. The lowest BCUT2D eigenvalue weighted by Gasteiger charge is -2.17. The van der Waals surface area contributed by atoms with Gasteiger partial charge in [-0.05, 0) is 29.2 Å². The van der Waals surface area contributed by atoms with Crippen molar-refractivity contribution in [2.45, 2.75) is 25.4 Å². The van der Waals surface area contributed by atoms with Crippen LogP contribution in [0.1, 0.15) is 28.6 Å². The minimum absolute atomic E-state index is 0.0733. The highest BCUT2D eigenvalue weighted by molar-refractivity contribution is 7.71. The van der Waals surface area contributed by atoms with Crippen molar-refractivity contribution in [3.05, 3.63) is 68.9 Å². The Bertz CT molecular complexity index is 914. The Labute approximate surface area is 154 Å². The smallest absolute Gasteiger partial charge is 0.223 e. The van der Waals surface area contributed by atoms with E-state index in [-0.39, 0.29) is 11.8 Å². The zero-order chi connectivity index (χ0) is 17.2. The first-order valence-electron chi connectivity index (χ1n) is 8.20. The summed E-state index contributed by atoms with van der Waals surface area (Å²) in [6, 6.07) is 14.2. The predicted octanol–water partition coefficient (Wildman–Crippen LogP) is 3.57. The molecule has 7 heteroatoms. The molecule has 4 rings (SSSR count). The standard InChI is InChI=1S/C18H18N4OS2/c23-16-9-14(11-21(16)10-13-5-2-1-3-6-13)17-19-20-18(24)22(17)12-15-7-4-8-25-15/h1-8,14H,9-12H2,(H,20,24). The number of nitrogens with one attached hydrogen (secondary N) is 1. The third-order valence-electron chi connectivity index (χ3n) is 4.48. The highest BCUT2D eigenvalue weighted by Gasteiger charge is 2.33. The van der Waals surface area contributed by atoms with E-state index in [1.54, 1.807) is 11.3 Å². The summed E-state index contributed by atoms with van der Waals surface area (Å²) in [6.07, 6.45) is 0.483. The van der Waals surface area contributed by atoms with E-state index in [4.69, 9.17) is 12.2 Å². The zero-order valence-corrected chi connectivity index (χ0v) is 15.2. The first-order valence-corrected chi connectivity index (χ1v) is 9.48. The van der Waals surface area contributed by atoms with Gasteiger partial charge in [0.1, 0.15) is 5.82 Å². The van der Waals surface area contributed by atoms with Crippen molar-refractivity contribution < 1.29 is 4.79 Å². The topological polar surface area (TPSA) is 53.9 Å². The predicted molar refractivity (Wildman–Crippen MR) is 100 cm³/mol. The number of thiophene rings is 1. The van der Waals surface area contributed by atoms with E-state index in [0.717, 1.165) is 11.4 Å². The van der Waals surface area contributed by atoms with E-state index in [9.17, 15) is 4.79 Å². The molecule has 0 aliphatic carbocycles. The van der Waals surface area contributed by atoms with Gasteiger partial charge in [0, 0.05) is 30.3 Å². The van der Waals surface area contributed by atoms with Gasteiger partial charge in [0.05, 0.1) is 6.54 Å². The summed E-state index contributed by atoms with van der Waals surface area (Å²) in [6.45, 7) is 2.02. The van der Waals surface area contributed by atoms with Crippen LogP contribution in [0.15, 0.2) is 47.8 Å². The number of nitrogens with zero attached hydrogens (tertiary/aromatic N) is 3. The number of aromatic amines is 1. The second-order valence-corrected chi connectivity index (χ2v) is 7.63. The van der Waals surface area contributed by atoms with Crippen molar-refractivity contribution in [1.29, 1.82) is 0 Å². The summed E-state index contributed by atoms with van der Waals surface area (Å²) in [5, 5.41) is 9.38. The number of aromatic nitrogens is 3.